The van der Waals surface area contributed by atoms with Crippen molar-refractivity contribution in [2.24, 2.45) is 0 Å². The van der Waals surface area contributed by atoms with Crippen LogP contribution in [0.5, 0.6) is 5.75 Å². The number of carbonyl (C=O) groups is 2. The van der Waals surface area contributed by atoms with E-state index in [4.69, 9.17) is 4.74 Å². The third-order valence-corrected chi connectivity index (χ3v) is 5.80. The van der Waals surface area contributed by atoms with Crippen molar-refractivity contribution in [2.45, 2.75) is 45.1 Å². The van der Waals surface area contributed by atoms with Gasteiger partial charge in [-0.05, 0) is 62.4 Å². The summed E-state index contributed by atoms with van der Waals surface area (Å²) in [6.45, 7) is 1.70. The number of nitrogens with one attached hydrogen (secondary N) is 3. The number of hydrogen-bond donors (Lipinski definition) is 3. The first-order valence-electron chi connectivity index (χ1n) is 10.2. The van der Waals surface area contributed by atoms with Crippen LogP contribution in [0.3, 0.4) is 0 Å². The van der Waals surface area contributed by atoms with Gasteiger partial charge in [-0.15, -0.1) is 0 Å². The summed E-state index contributed by atoms with van der Waals surface area (Å²) < 4.78 is 5.57. The van der Waals surface area contributed by atoms with Gasteiger partial charge in [-0.25, -0.2) is 0 Å². The minimum absolute atomic E-state index is 0.177. The van der Waals surface area contributed by atoms with Crippen LogP contribution in [-0.2, 0) is 17.6 Å². The van der Waals surface area contributed by atoms with Crippen molar-refractivity contribution in [1.82, 2.24) is 4.98 Å². The number of fused-ring (bicyclic) bond motifs is 4. The SMILES string of the molecule is CC1Oc2ccc(NC(=O)c3cccc4c5c([nH]c34)CCCCC5)cc2NC1=O. The summed E-state index contributed by atoms with van der Waals surface area (Å²) in [6.07, 6.45) is 5.20. The number of aromatic amines is 1. The number of rotatable bonds is 2. The monoisotopic (exact) mass is 389 g/mol. The topological polar surface area (TPSA) is 83.2 Å². The van der Waals surface area contributed by atoms with Gasteiger partial charge in [0, 0.05) is 16.8 Å². The average molecular weight is 389 g/mol. The molecule has 2 aliphatic rings. The van der Waals surface area contributed by atoms with Crippen molar-refractivity contribution in [3.05, 3.63) is 53.2 Å². The number of aromatic nitrogens is 1. The summed E-state index contributed by atoms with van der Waals surface area (Å²) in [6, 6.07) is 11.2. The van der Waals surface area contributed by atoms with Crippen LogP contribution in [0, 0.1) is 0 Å². The third kappa shape index (κ3) is 3.14. The van der Waals surface area contributed by atoms with Gasteiger partial charge in [-0.2, -0.15) is 0 Å². The third-order valence-electron chi connectivity index (χ3n) is 5.80. The lowest BCUT2D eigenvalue weighted by Gasteiger charge is -2.23. The molecule has 2 amide bonds. The van der Waals surface area contributed by atoms with Crippen molar-refractivity contribution in [3.8, 4) is 5.75 Å². The molecule has 5 rings (SSSR count). The standard InChI is InChI=1S/C23H23N3O3/c1-13-22(27)26-19-12-14(10-11-20(19)29-13)24-23(28)17-8-5-7-16-15-6-3-2-4-9-18(15)25-21(16)17/h5,7-8,10-13,25H,2-4,6,9H2,1H3,(H,24,28)(H,26,27). The van der Waals surface area contributed by atoms with E-state index in [9.17, 15) is 9.59 Å². The minimum Gasteiger partial charge on any atom is -0.479 e. The molecule has 2 heterocycles. The number of hydrogen-bond acceptors (Lipinski definition) is 3. The van der Waals surface area contributed by atoms with Gasteiger partial charge in [0.1, 0.15) is 5.75 Å². The van der Waals surface area contributed by atoms with Crippen LogP contribution in [0.25, 0.3) is 10.9 Å². The van der Waals surface area contributed by atoms with E-state index in [1.165, 1.54) is 30.5 Å². The van der Waals surface area contributed by atoms with Gasteiger partial charge < -0.3 is 20.4 Å². The van der Waals surface area contributed by atoms with Crippen LogP contribution in [0.15, 0.2) is 36.4 Å². The van der Waals surface area contributed by atoms with E-state index in [-0.39, 0.29) is 11.8 Å². The number of amides is 2. The first-order valence-corrected chi connectivity index (χ1v) is 10.2. The predicted molar refractivity (Wildman–Crippen MR) is 113 cm³/mol. The van der Waals surface area contributed by atoms with Crippen LogP contribution in [0.2, 0.25) is 0 Å². The van der Waals surface area contributed by atoms with E-state index in [1.54, 1.807) is 25.1 Å². The smallest absolute Gasteiger partial charge is 0.265 e. The Bertz CT molecular complexity index is 1130. The number of aryl methyl sites for hydroxylation is 2. The lowest BCUT2D eigenvalue weighted by molar-refractivity contribution is -0.122. The Hall–Kier alpha value is -3.28. The summed E-state index contributed by atoms with van der Waals surface area (Å²) in [7, 11) is 0. The van der Waals surface area contributed by atoms with Crippen LogP contribution in [-0.4, -0.2) is 22.9 Å². The number of para-hydroxylation sites is 1. The van der Waals surface area contributed by atoms with Gasteiger partial charge >= 0.3 is 0 Å². The molecule has 29 heavy (non-hydrogen) atoms. The van der Waals surface area contributed by atoms with Gasteiger partial charge in [0.05, 0.1) is 16.8 Å². The summed E-state index contributed by atoms with van der Waals surface area (Å²) in [4.78, 5) is 28.4. The molecule has 6 heteroatoms. The summed E-state index contributed by atoms with van der Waals surface area (Å²) in [5.41, 5.74) is 5.32. The van der Waals surface area contributed by atoms with Crippen molar-refractivity contribution < 1.29 is 14.3 Å². The molecule has 1 aliphatic heterocycles. The molecule has 1 unspecified atom stereocenters. The van der Waals surface area contributed by atoms with Gasteiger partial charge in [-0.3, -0.25) is 9.59 Å². The Morgan fingerprint density at radius 2 is 2.00 bits per heavy atom. The van der Waals surface area contributed by atoms with Crippen molar-refractivity contribution in [2.75, 3.05) is 10.6 Å². The Morgan fingerprint density at radius 1 is 1.14 bits per heavy atom. The molecule has 0 saturated carbocycles. The molecular formula is C23H23N3O3. The van der Waals surface area contributed by atoms with Gasteiger partial charge in [-0.1, -0.05) is 18.6 Å². The zero-order chi connectivity index (χ0) is 20.0. The molecule has 2 aromatic carbocycles. The molecule has 1 aromatic heterocycles. The van der Waals surface area contributed by atoms with E-state index in [1.807, 2.05) is 12.1 Å². The Labute approximate surface area is 168 Å². The van der Waals surface area contributed by atoms with Gasteiger partial charge in [0.25, 0.3) is 11.8 Å². The van der Waals surface area contributed by atoms with Crippen molar-refractivity contribution in [1.29, 1.82) is 0 Å². The second kappa shape index (κ2) is 6.95. The summed E-state index contributed by atoms with van der Waals surface area (Å²) in [5.74, 6) is 0.229. The average Bonchev–Trinajstić information content (AvgIpc) is 2.90. The molecule has 0 bridgehead atoms. The van der Waals surface area contributed by atoms with Crippen LogP contribution in [0.1, 0.15) is 47.8 Å². The highest BCUT2D eigenvalue weighted by molar-refractivity contribution is 6.13. The maximum Gasteiger partial charge on any atom is 0.265 e. The van der Waals surface area contributed by atoms with Gasteiger partial charge in [0.2, 0.25) is 0 Å². The molecular weight excluding hydrogens is 366 g/mol. The fourth-order valence-corrected chi connectivity index (χ4v) is 4.28. The first-order chi connectivity index (χ1) is 14.1. The maximum atomic E-state index is 13.0. The van der Waals surface area contributed by atoms with Crippen LogP contribution in [0.4, 0.5) is 11.4 Å². The quantitative estimate of drug-likeness (QED) is 0.568. The highest BCUT2D eigenvalue weighted by atomic mass is 16.5. The second-order valence-electron chi connectivity index (χ2n) is 7.79. The van der Waals surface area contributed by atoms with E-state index in [2.05, 4.69) is 21.7 Å². The number of anilines is 2. The summed E-state index contributed by atoms with van der Waals surface area (Å²) >= 11 is 0. The highest BCUT2D eigenvalue weighted by Crippen LogP contribution is 2.33. The fraction of sp³-hybridized carbons (Fsp3) is 0.304. The van der Waals surface area contributed by atoms with E-state index < -0.39 is 6.10 Å². The number of benzene rings is 2. The van der Waals surface area contributed by atoms with Crippen molar-refractivity contribution >= 4 is 34.1 Å². The van der Waals surface area contributed by atoms with E-state index >= 15 is 0 Å². The molecule has 0 fully saturated rings. The van der Waals surface area contributed by atoms with Gasteiger partial charge in [0.15, 0.2) is 6.10 Å². The molecule has 0 saturated heterocycles. The molecule has 0 spiro atoms. The molecule has 1 atom stereocenters. The number of carbonyl (C=O) groups excluding carboxylic acids is 2. The predicted octanol–water partition coefficient (Wildman–Crippen LogP) is 4.41. The number of ether oxygens (including phenoxy) is 1. The Balaban J connectivity index is 1.45. The molecule has 3 N–H and O–H groups in total. The van der Waals surface area contributed by atoms with Crippen molar-refractivity contribution in [3.63, 3.8) is 0 Å². The lowest BCUT2D eigenvalue weighted by atomic mass is 10.0. The molecule has 0 radical (unpaired) electrons. The molecule has 6 nitrogen and oxygen atoms in total. The van der Waals surface area contributed by atoms with Crippen LogP contribution < -0.4 is 15.4 Å². The maximum absolute atomic E-state index is 13.0. The van der Waals surface area contributed by atoms with E-state index in [0.717, 1.165) is 23.7 Å². The zero-order valence-corrected chi connectivity index (χ0v) is 16.3. The lowest BCUT2D eigenvalue weighted by Crippen LogP contribution is -2.34. The normalized spacial score (nSPS) is 18.2. The highest BCUT2D eigenvalue weighted by Gasteiger charge is 2.24. The first kappa shape index (κ1) is 17.8. The van der Waals surface area contributed by atoms with Crippen LogP contribution >= 0.6 is 0 Å². The molecule has 3 aromatic rings. The minimum atomic E-state index is -0.524. The molecule has 1 aliphatic carbocycles. The zero-order valence-electron chi connectivity index (χ0n) is 16.3. The fourth-order valence-electron chi connectivity index (χ4n) is 4.28. The Kier molecular flexibility index (Phi) is 4.27. The Morgan fingerprint density at radius 3 is 2.90 bits per heavy atom. The van der Waals surface area contributed by atoms with E-state index in [0.29, 0.717) is 22.7 Å². The number of H-pyrrole nitrogens is 1. The summed E-state index contributed by atoms with van der Waals surface area (Å²) in [5, 5.41) is 6.91. The second-order valence-corrected chi connectivity index (χ2v) is 7.79. The largest absolute Gasteiger partial charge is 0.479 e. The molecule has 148 valence electrons.